The summed E-state index contributed by atoms with van der Waals surface area (Å²) in [6.07, 6.45) is 37.4. The molecule has 0 aromatic carbocycles. The van der Waals surface area contributed by atoms with Crippen LogP contribution in [-0.2, 0) is 9.47 Å². The van der Waals surface area contributed by atoms with E-state index in [-0.39, 0.29) is 0 Å². The van der Waals surface area contributed by atoms with Gasteiger partial charge in [0.25, 0.3) is 0 Å². The van der Waals surface area contributed by atoms with Crippen LogP contribution in [0, 0.1) is 11.8 Å². The van der Waals surface area contributed by atoms with Crippen molar-refractivity contribution in [1.29, 1.82) is 0 Å². The van der Waals surface area contributed by atoms with Crippen LogP contribution in [0.2, 0.25) is 0 Å². The predicted octanol–water partition coefficient (Wildman–Crippen LogP) is 15.6. The molecule has 0 saturated heterocycles. The Morgan fingerprint density at radius 1 is 0.528 bits per heavy atom. The summed E-state index contributed by atoms with van der Waals surface area (Å²) < 4.78 is 12.7. The lowest BCUT2D eigenvalue weighted by Crippen LogP contribution is -2.35. The minimum absolute atomic E-state index is 0.415. The summed E-state index contributed by atoms with van der Waals surface area (Å²) in [6, 6.07) is 0.419. The van der Waals surface area contributed by atoms with Crippen LogP contribution in [0.15, 0.2) is 24.6 Å². The third kappa shape index (κ3) is 39.0. The fourth-order valence-electron chi connectivity index (χ4n) is 6.89. The molecule has 53 heavy (non-hydrogen) atoms. The van der Waals surface area contributed by atoms with Gasteiger partial charge >= 0.3 is 0 Å². The molecule has 0 amide bonds. The molecule has 1 N–H and O–H groups in total. The summed E-state index contributed by atoms with van der Waals surface area (Å²) in [5, 5.41) is 3.64. The summed E-state index contributed by atoms with van der Waals surface area (Å²) in [5.41, 5.74) is 1.19. The van der Waals surface area contributed by atoms with E-state index >= 15 is 0 Å². The molecule has 2 atom stereocenters. The zero-order valence-corrected chi connectivity index (χ0v) is 38.0. The van der Waals surface area contributed by atoms with Gasteiger partial charge < -0.3 is 19.7 Å². The van der Waals surface area contributed by atoms with E-state index in [4.69, 9.17) is 9.47 Å². The Morgan fingerprint density at radius 2 is 0.962 bits per heavy atom. The van der Waals surface area contributed by atoms with Gasteiger partial charge in [-0.1, -0.05) is 209 Å². The monoisotopic (exact) mass is 749 g/mol. The van der Waals surface area contributed by atoms with Gasteiger partial charge in [0.2, 0.25) is 0 Å². The molecule has 4 heteroatoms. The molecule has 0 aromatic heterocycles. The molecule has 2 unspecified atom stereocenters. The van der Waals surface area contributed by atoms with Gasteiger partial charge in [0.1, 0.15) is 6.61 Å². The lowest BCUT2D eigenvalue weighted by Gasteiger charge is -2.29. The van der Waals surface area contributed by atoms with Gasteiger partial charge in [-0.25, -0.2) is 0 Å². The molecule has 0 saturated carbocycles. The molecule has 0 heterocycles. The molecule has 0 aliphatic rings. The second kappa shape index (κ2) is 43.7. The fourth-order valence-corrected chi connectivity index (χ4v) is 6.89. The maximum absolute atomic E-state index is 6.46. The molecule has 0 aliphatic heterocycles. The lowest BCUT2D eigenvalue weighted by atomic mass is 9.94. The highest BCUT2D eigenvalue weighted by Crippen LogP contribution is 2.22. The number of nitrogens with zero attached hydrogens (tertiary/aromatic N) is 1. The van der Waals surface area contributed by atoms with E-state index in [1.54, 1.807) is 0 Å². The Hall–Kier alpha value is -1.00. The van der Waals surface area contributed by atoms with Crippen molar-refractivity contribution in [2.75, 3.05) is 39.5 Å². The van der Waals surface area contributed by atoms with Crippen LogP contribution < -0.4 is 5.32 Å². The van der Waals surface area contributed by atoms with Crippen molar-refractivity contribution in [3.8, 4) is 0 Å². The molecular weight excluding hydrogens is 649 g/mol. The first kappa shape index (κ1) is 54.1. The summed E-state index contributed by atoms with van der Waals surface area (Å²) in [6.45, 7) is 32.0. The Kier molecular flexibility index (Phi) is 44.6. The highest BCUT2D eigenvalue weighted by atomic mass is 16.5. The van der Waals surface area contributed by atoms with E-state index in [9.17, 15) is 0 Å². The first-order valence-corrected chi connectivity index (χ1v) is 23.9. The molecule has 4 nitrogen and oxygen atoms in total. The minimum Gasteiger partial charge on any atom is -0.496 e. The number of allylic oxidation sites excluding steroid dienone is 1. The smallest absolute Gasteiger partial charge is 0.105 e. The van der Waals surface area contributed by atoms with Crippen LogP contribution in [0.5, 0.6) is 0 Å². The molecule has 0 spiro atoms. The van der Waals surface area contributed by atoms with E-state index in [0.29, 0.717) is 24.5 Å². The van der Waals surface area contributed by atoms with Gasteiger partial charge in [0.15, 0.2) is 0 Å². The topological polar surface area (TPSA) is 33.7 Å². The van der Waals surface area contributed by atoms with Crippen LogP contribution in [0.1, 0.15) is 235 Å². The van der Waals surface area contributed by atoms with Crippen molar-refractivity contribution in [1.82, 2.24) is 10.2 Å². The number of hydrogen-bond acceptors (Lipinski definition) is 4. The third-order valence-corrected chi connectivity index (χ3v) is 11.0. The maximum Gasteiger partial charge on any atom is 0.105 e. The van der Waals surface area contributed by atoms with Crippen molar-refractivity contribution in [2.24, 2.45) is 11.8 Å². The number of rotatable bonds is 41. The van der Waals surface area contributed by atoms with Gasteiger partial charge in [-0.2, -0.15) is 0 Å². The molecule has 0 rings (SSSR count). The SMILES string of the molecule is C=C(OCCN(CCOCC(CCCCCCCCC)CCCCCCCCC)C(=C)CC(C)NCCC)C(C)CCCCCCCCC.CCCC. The van der Waals surface area contributed by atoms with Crippen molar-refractivity contribution >= 4 is 0 Å². The summed E-state index contributed by atoms with van der Waals surface area (Å²) in [7, 11) is 0. The Balaban J connectivity index is 0. The summed E-state index contributed by atoms with van der Waals surface area (Å²) in [4.78, 5) is 2.42. The normalized spacial score (nSPS) is 12.4. The van der Waals surface area contributed by atoms with E-state index in [1.165, 1.54) is 173 Å². The minimum atomic E-state index is 0.415. The third-order valence-electron chi connectivity index (χ3n) is 11.0. The largest absolute Gasteiger partial charge is 0.496 e. The van der Waals surface area contributed by atoms with Crippen LogP contribution in [0.4, 0.5) is 0 Å². The molecular formula is C49H100N2O2. The standard InChI is InChI=1S/C45H90N2O2.C4H10/c1-9-13-16-19-22-25-28-31-41(5)44(8)49-38-36-47(43(7)39-42(6)46-34-12-4)35-37-48-40-45(32-29-26-23-20-17-14-10-2)33-30-27-24-21-18-15-11-3;1-3-4-2/h41-42,45-46H,7-40H2,1-6H3;3-4H2,1-2H3. The number of ether oxygens (including phenoxy) is 2. The van der Waals surface area contributed by atoms with Crippen LogP contribution in [0.3, 0.4) is 0 Å². The van der Waals surface area contributed by atoms with E-state index in [0.717, 1.165) is 51.4 Å². The second-order valence-electron chi connectivity index (χ2n) is 16.5. The van der Waals surface area contributed by atoms with Gasteiger partial charge in [-0.15, -0.1) is 0 Å². The number of unbranched alkanes of at least 4 members (excludes halogenated alkanes) is 19. The average molecular weight is 749 g/mol. The van der Waals surface area contributed by atoms with E-state index in [2.05, 4.69) is 78.8 Å². The Labute approximate surface area is 335 Å². The van der Waals surface area contributed by atoms with Crippen LogP contribution >= 0.6 is 0 Å². The van der Waals surface area contributed by atoms with Crippen molar-refractivity contribution in [3.63, 3.8) is 0 Å². The van der Waals surface area contributed by atoms with Gasteiger partial charge in [-0.05, 0) is 45.1 Å². The maximum atomic E-state index is 6.46. The first-order valence-electron chi connectivity index (χ1n) is 23.9. The lowest BCUT2D eigenvalue weighted by molar-refractivity contribution is 0.0701. The van der Waals surface area contributed by atoms with E-state index in [1.807, 2.05) is 0 Å². The molecule has 0 fully saturated rings. The summed E-state index contributed by atoms with van der Waals surface area (Å²) >= 11 is 0. The number of nitrogens with one attached hydrogen (secondary N) is 1. The highest BCUT2D eigenvalue weighted by molar-refractivity contribution is 4.97. The molecule has 0 aliphatic carbocycles. The van der Waals surface area contributed by atoms with Gasteiger partial charge in [0.05, 0.1) is 18.9 Å². The van der Waals surface area contributed by atoms with Crippen LogP contribution in [0.25, 0.3) is 0 Å². The van der Waals surface area contributed by atoms with Crippen molar-refractivity contribution in [2.45, 2.75) is 241 Å². The molecule has 0 radical (unpaired) electrons. The predicted molar refractivity (Wildman–Crippen MR) is 240 cm³/mol. The van der Waals surface area contributed by atoms with Crippen LogP contribution in [-0.4, -0.2) is 50.4 Å². The second-order valence-corrected chi connectivity index (χ2v) is 16.5. The summed E-state index contributed by atoms with van der Waals surface area (Å²) in [5.74, 6) is 2.06. The Bertz CT molecular complexity index is 720. The molecule has 0 bridgehead atoms. The fraction of sp³-hybridized carbons (Fsp3) is 0.918. The van der Waals surface area contributed by atoms with E-state index < -0.39 is 0 Å². The zero-order valence-electron chi connectivity index (χ0n) is 38.0. The highest BCUT2D eigenvalue weighted by Gasteiger charge is 2.15. The molecule has 318 valence electrons. The van der Waals surface area contributed by atoms with Crippen molar-refractivity contribution in [3.05, 3.63) is 24.6 Å². The quantitative estimate of drug-likeness (QED) is 0.0499. The first-order chi connectivity index (χ1) is 25.8. The van der Waals surface area contributed by atoms with Gasteiger partial charge in [-0.3, -0.25) is 0 Å². The molecule has 0 aromatic rings. The van der Waals surface area contributed by atoms with Crippen molar-refractivity contribution < 1.29 is 9.47 Å². The number of hydrogen-bond donors (Lipinski definition) is 1. The van der Waals surface area contributed by atoms with Gasteiger partial charge in [0, 0.05) is 37.2 Å². The zero-order chi connectivity index (χ0) is 39.6. The average Bonchev–Trinajstić information content (AvgIpc) is 3.16. The Morgan fingerprint density at radius 3 is 1.42 bits per heavy atom.